The van der Waals surface area contributed by atoms with Crippen LogP contribution in [0.4, 0.5) is 5.13 Å². The third kappa shape index (κ3) is 3.44. The largest absolute Gasteiger partial charge is 0.507 e. The van der Waals surface area contributed by atoms with Gasteiger partial charge in [0, 0.05) is 17.1 Å². The van der Waals surface area contributed by atoms with E-state index in [2.05, 4.69) is 18.8 Å². The maximum Gasteiger partial charge on any atom is 0.301 e. The summed E-state index contributed by atoms with van der Waals surface area (Å²) in [4.78, 5) is 31.6. The maximum absolute atomic E-state index is 13.0. The first-order valence-corrected chi connectivity index (χ1v) is 10.6. The molecular weight excluding hydrogens is 396 g/mol. The highest BCUT2D eigenvalue weighted by Crippen LogP contribution is 2.42. The van der Waals surface area contributed by atoms with Crippen LogP contribution in [0.3, 0.4) is 0 Å². The second-order valence-corrected chi connectivity index (χ2v) is 8.54. The number of nitrogens with zero attached hydrogens (tertiary/aromatic N) is 2. The molecule has 0 spiro atoms. The number of aryl methyl sites for hydroxylation is 1. The minimum atomic E-state index is -0.737. The molecule has 30 heavy (non-hydrogen) atoms. The van der Waals surface area contributed by atoms with Gasteiger partial charge >= 0.3 is 5.91 Å². The number of ketones is 1. The van der Waals surface area contributed by atoms with Crippen molar-refractivity contribution in [3.05, 3.63) is 87.9 Å². The molecule has 1 aliphatic rings. The summed E-state index contributed by atoms with van der Waals surface area (Å²) in [5.74, 6) is -1.21. The molecule has 0 aliphatic carbocycles. The third-order valence-electron chi connectivity index (χ3n) is 5.31. The first-order valence-electron chi connectivity index (χ1n) is 9.76. The molecule has 2 heterocycles. The molecule has 2 aromatic carbocycles. The van der Waals surface area contributed by atoms with Crippen molar-refractivity contribution in [1.29, 1.82) is 0 Å². The number of Topliss-reactive ketones (excluding diaryl/α,β-unsaturated/α-hetero) is 1. The third-order valence-corrected chi connectivity index (χ3v) is 6.08. The highest BCUT2D eigenvalue weighted by Gasteiger charge is 2.47. The zero-order valence-electron chi connectivity index (χ0n) is 17.0. The van der Waals surface area contributed by atoms with Gasteiger partial charge in [-0.3, -0.25) is 14.5 Å². The van der Waals surface area contributed by atoms with Gasteiger partial charge in [0.05, 0.1) is 11.6 Å². The van der Waals surface area contributed by atoms with Crippen molar-refractivity contribution < 1.29 is 14.7 Å². The predicted octanol–water partition coefficient (Wildman–Crippen LogP) is 5.20. The van der Waals surface area contributed by atoms with E-state index in [-0.39, 0.29) is 11.3 Å². The van der Waals surface area contributed by atoms with Gasteiger partial charge in [-0.05, 0) is 24.0 Å². The van der Waals surface area contributed by atoms with Crippen molar-refractivity contribution in [2.75, 3.05) is 4.90 Å². The van der Waals surface area contributed by atoms with Crippen LogP contribution in [0, 0.1) is 6.92 Å². The molecule has 152 valence electrons. The molecule has 5 nitrogen and oxygen atoms in total. The number of aliphatic hydroxyl groups excluding tert-OH is 1. The minimum Gasteiger partial charge on any atom is -0.507 e. The molecule has 1 atom stereocenters. The van der Waals surface area contributed by atoms with Gasteiger partial charge in [-0.15, -0.1) is 11.3 Å². The lowest BCUT2D eigenvalue weighted by Crippen LogP contribution is -2.29. The number of amides is 1. The Hall–Kier alpha value is -3.25. The Balaban J connectivity index is 1.90. The maximum atomic E-state index is 13.0. The monoisotopic (exact) mass is 418 g/mol. The number of thiazole rings is 1. The molecule has 3 aromatic rings. The van der Waals surface area contributed by atoms with E-state index in [4.69, 9.17) is 0 Å². The summed E-state index contributed by atoms with van der Waals surface area (Å²) in [6.45, 7) is 6.16. The second-order valence-electron chi connectivity index (χ2n) is 7.67. The van der Waals surface area contributed by atoms with Crippen LogP contribution < -0.4 is 4.90 Å². The molecule has 1 amide bonds. The van der Waals surface area contributed by atoms with Gasteiger partial charge in [-0.25, -0.2) is 4.98 Å². The van der Waals surface area contributed by atoms with Gasteiger partial charge in [0.1, 0.15) is 5.76 Å². The number of aliphatic hydroxyl groups is 1. The molecule has 1 saturated heterocycles. The minimum absolute atomic E-state index is 0.0800. The zero-order valence-corrected chi connectivity index (χ0v) is 17.8. The summed E-state index contributed by atoms with van der Waals surface area (Å²) in [6, 6.07) is 14.3. The van der Waals surface area contributed by atoms with Crippen molar-refractivity contribution in [3.8, 4) is 0 Å². The van der Waals surface area contributed by atoms with Crippen molar-refractivity contribution in [3.63, 3.8) is 0 Å². The summed E-state index contributed by atoms with van der Waals surface area (Å²) in [6.07, 6.45) is 1.60. The van der Waals surface area contributed by atoms with Crippen LogP contribution in [0.25, 0.3) is 5.76 Å². The van der Waals surface area contributed by atoms with Crippen LogP contribution in [0.15, 0.2) is 65.7 Å². The number of carbonyl (C=O) groups excluding carboxylic acids is 2. The van der Waals surface area contributed by atoms with Crippen LogP contribution in [0.2, 0.25) is 0 Å². The summed E-state index contributed by atoms with van der Waals surface area (Å²) >= 11 is 1.28. The van der Waals surface area contributed by atoms with E-state index < -0.39 is 17.7 Å². The Morgan fingerprint density at radius 1 is 1.07 bits per heavy atom. The van der Waals surface area contributed by atoms with Gasteiger partial charge < -0.3 is 5.11 Å². The number of hydrogen-bond acceptors (Lipinski definition) is 5. The Labute approximate surface area is 179 Å². The molecule has 1 fully saturated rings. The van der Waals surface area contributed by atoms with Crippen LogP contribution in [-0.4, -0.2) is 21.8 Å². The molecule has 0 unspecified atom stereocenters. The van der Waals surface area contributed by atoms with E-state index in [0.29, 0.717) is 16.6 Å². The summed E-state index contributed by atoms with van der Waals surface area (Å²) in [5, 5.41) is 13.2. The number of carbonyl (C=O) groups is 2. The van der Waals surface area contributed by atoms with Gasteiger partial charge in [0.2, 0.25) is 0 Å². The van der Waals surface area contributed by atoms with Gasteiger partial charge in [0.15, 0.2) is 5.13 Å². The fourth-order valence-corrected chi connectivity index (χ4v) is 4.28. The molecule has 1 N–H and O–H groups in total. The normalized spacial score (nSPS) is 18.4. The van der Waals surface area contributed by atoms with E-state index in [1.54, 1.807) is 23.7 Å². The molecular formula is C24H22N2O3S. The quantitative estimate of drug-likeness (QED) is 0.359. The summed E-state index contributed by atoms with van der Waals surface area (Å²) in [5.41, 5.74) is 3.53. The molecule has 6 heteroatoms. The fourth-order valence-electron chi connectivity index (χ4n) is 3.61. The van der Waals surface area contributed by atoms with Crippen LogP contribution in [-0.2, 0) is 9.59 Å². The van der Waals surface area contributed by atoms with Gasteiger partial charge in [0.25, 0.3) is 5.78 Å². The molecule has 1 aromatic heterocycles. The number of benzene rings is 2. The second kappa shape index (κ2) is 7.88. The Bertz CT molecular complexity index is 1110. The van der Waals surface area contributed by atoms with E-state index in [9.17, 15) is 14.7 Å². The van der Waals surface area contributed by atoms with E-state index in [1.807, 2.05) is 43.3 Å². The Morgan fingerprint density at radius 3 is 2.30 bits per heavy atom. The lowest BCUT2D eigenvalue weighted by Gasteiger charge is -2.23. The van der Waals surface area contributed by atoms with Crippen LogP contribution in [0.5, 0.6) is 0 Å². The first-order chi connectivity index (χ1) is 14.4. The van der Waals surface area contributed by atoms with E-state index in [0.717, 1.165) is 16.7 Å². The SMILES string of the molecule is Cc1ccc(/C(O)=C2\C(=O)C(=O)N(c3nccs3)[C@@H]2c2ccc(C(C)C)cc2)cc1. The highest BCUT2D eigenvalue weighted by atomic mass is 32.1. The smallest absolute Gasteiger partial charge is 0.301 e. The lowest BCUT2D eigenvalue weighted by atomic mass is 9.93. The molecule has 0 bridgehead atoms. The van der Waals surface area contributed by atoms with Crippen LogP contribution in [0.1, 0.15) is 48.1 Å². The molecule has 0 saturated carbocycles. The predicted molar refractivity (Wildman–Crippen MR) is 119 cm³/mol. The lowest BCUT2D eigenvalue weighted by molar-refractivity contribution is -0.132. The van der Waals surface area contributed by atoms with E-state index >= 15 is 0 Å². The van der Waals surface area contributed by atoms with Crippen molar-refractivity contribution in [2.45, 2.75) is 32.7 Å². The molecule has 4 rings (SSSR count). The topological polar surface area (TPSA) is 70.5 Å². The van der Waals surface area contributed by atoms with Crippen molar-refractivity contribution in [2.24, 2.45) is 0 Å². The molecule has 1 aliphatic heterocycles. The zero-order chi connectivity index (χ0) is 21.4. The number of rotatable bonds is 4. The summed E-state index contributed by atoms with van der Waals surface area (Å²) < 4.78 is 0. The summed E-state index contributed by atoms with van der Waals surface area (Å²) in [7, 11) is 0. The standard InChI is InChI=1S/C24H22N2O3S/c1-14(2)16-8-10-17(11-9-16)20-19(21(27)18-6-4-15(3)5-7-18)22(28)23(29)26(20)24-25-12-13-30-24/h4-14,20,27H,1-3H3/b21-19+/t20-/m1/s1. The number of hydrogen-bond donors (Lipinski definition) is 1. The average molecular weight is 419 g/mol. The van der Waals surface area contributed by atoms with Crippen LogP contribution >= 0.6 is 11.3 Å². The molecule has 0 radical (unpaired) electrons. The van der Waals surface area contributed by atoms with Crippen molar-refractivity contribution >= 4 is 33.9 Å². The van der Waals surface area contributed by atoms with E-state index in [1.165, 1.54) is 16.2 Å². The average Bonchev–Trinajstić information content (AvgIpc) is 3.35. The number of aromatic nitrogens is 1. The fraction of sp³-hybridized carbons (Fsp3) is 0.208. The first kappa shape index (κ1) is 20.0. The van der Waals surface area contributed by atoms with Gasteiger partial charge in [-0.2, -0.15) is 0 Å². The van der Waals surface area contributed by atoms with Gasteiger partial charge in [-0.1, -0.05) is 67.9 Å². The van der Waals surface area contributed by atoms with Crippen molar-refractivity contribution in [1.82, 2.24) is 4.98 Å². The Kier molecular flexibility index (Phi) is 5.26. The number of anilines is 1. The Morgan fingerprint density at radius 2 is 1.73 bits per heavy atom. The highest BCUT2D eigenvalue weighted by molar-refractivity contribution is 7.14.